The van der Waals surface area contributed by atoms with Gasteiger partial charge in [0, 0.05) is 22.6 Å². The van der Waals surface area contributed by atoms with Gasteiger partial charge in [-0.15, -0.1) is 0 Å². The highest BCUT2D eigenvalue weighted by Crippen LogP contribution is 2.30. The molecule has 0 saturated heterocycles. The van der Waals surface area contributed by atoms with Crippen molar-refractivity contribution in [3.8, 4) is 0 Å². The Balaban J connectivity index is 0.000000226. The number of benzene rings is 6. The smallest absolute Gasteiger partial charge is 0.416 e. The maximum absolute atomic E-state index is 13.2. The van der Waals surface area contributed by atoms with Gasteiger partial charge in [-0.2, -0.15) is 26.3 Å². The molecule has 6 aromatic carbocycles. The highest BCUT2D eigenvalue weighted by molar-refractivity contribution is 8.13. The van der Waals surface area contributed by atoms with Crippen molar-refractivity contribution in [1.29, 1.82) is 0 Å². The van der Waals surface area contributed by atoms with Gasteiger partial charge in [-0.25, -0.2) is 22.2 Å². The van der Waals surface area contributed by atoms with E-state index in [0.717, 1.165) is 63.9 Å². The number of hydrogen-bond acceptors (Lipinski definition) is 5. The molecule has 354 valence electrons. The van der Waals surface area contributed by atoms with Crippen LogP contribution < -0.4 is 34.2 Å². The molecule has 4 N–H and O–H groups in total. The minimum atomic E-state index is -4.40. The Bertz CT molecular complexity index is 3200. The molecule has 11 nitrogen and oxygen atoms in total. The lowest BCUT2D eigenvalue weighted by Gasteiger charge is -2.08. The summed E-state index contributed by atoms with van der Waals surface area (Å²) in [4.78, 5) is 26.4. The standard InChI is InChI=1S/C23H20F3N3O2S.C22H18F3N3O.CH3ClO2S.ClH/c1-32(31)27-19-12-8-17(9-13-19)15-29-21-5-3-2-4-20(21)28(22(29)30)14-16-6-10-18(11-7-16)23(24,25)26;23-22(24,25)17-9-5-15(6-10-17)13-27-19-3-1-2-4-20(19)28(21(27)29)14-16-7-11-18(26)12-8-16;1-5(2,3)4;/h2-13,27H,14-15H2,1H3;1-12H,13-14,26H2;1H3;1H. The van der Waals surface area contributed by atoms with Crippen molar-refractivity contribution < 1.29 is 57.1 Å². The molecule has 0 fully saturated rings. The van der Waals surface area contributed by atoms with Gasteiger partial charge in [-0.1, -0.05) is 72.8 Å². The summed E-state index contributed by atoms with van der Waals surface area (Å²) in [5.74, 6) is 0. The number of halogens is 8. The first kappa shape index (κ1) is 51.9. The fraction of sp³-hybridized carbons (Fsp3) is 0.174. The highest BCUT2D eigenvalue weighted by atomic mass is 35.7. The van der Waals surface area contributed by atoms with Gasteiger partial charge < -0.3 is 22.9 Å². The van der Waals surface area contributed by atoms with Crippen LogP contribution in [0.2, 0.25) is 0 Å². The molecular formula is C46H42Cl2F6N6O5S2. The molecule has 2 aromatic heterocycles. The number of para-hydroxylation sites is 4. The van der Waals surface area contributed by atoms with Crippen LogP contribution in [0.5, 0.6) is 0 Å². The van der Waals surface area contributed by atoms with Crippen LogP contribution in [0.3, 0.4) is 0 Å². The average molecular weight is 1010 g/mol. The summed E-state index contributed by atoms with van der Waals surface area (Å²) in [6.07, 6.45) is -6.31. The van der Waals surface area contributed by atoms with Crippen molar-refractivity contribution in [1.82, 2.24) is 18.3 Å². The Kier molecular flexibility index (Phi) is 16.8. The monoisotopic (exact) mass is 1010 g/mol. The number of alkyl halides is 6. The Morgan fingerprint density at radius 3 is 1.04 bits per heavy atom. The molecule has 8 rings (SSSR count). The summed E-state index contributed by atoms with van der Waals surface area (Å²) in [7, 11) is 0.131. The molecular weight excluding hydrogens is 966 g/mol. The first-order valence-electron chi connectivity index (χ1n) is 19.7. The molecule has 67 heavy (non-hydrogen) atoms. The van der Waals surface area contributed by atoms with Crippen LogP contribution in [0.25, 0.3) is 22.1 Å². The van der Waals surface area contributed by atoms with Crippen LogP contribution in [0, 0.1) is 0 Å². The summed E-state index contributed by atoms with van der Waals surface area (Å²) < 4.78 is 116. The Morgan fingerprint density at radius 2 is 0.791 bits per heavy atom. The normalized spacial score (nSPS) is 12.1. The van der Waals surface area contributed by atoms with E-state index in [9.17, 15) is 48.6 Å². The van der Waals surface area contributed by atoms with Crippen LogP contribution in [-0.4, -0.2) is 43.4 Å². The van der Waals surface area contributed by atoms with E-state index < -0.39 is 43.5 Å². The molecule has 1 unspecified atom stereocenters. The van der Waals surface area contributed by atoms with E-state index >= 15 is 0 Å². The van der Waals surface area contributed by atoms with Crippen LogP contribution in [0.15, 0.2) is 155 Å². The van der Waals surface area contributed by atoms with Gasteiger partial charge >= 0.3 is 23.7 Å². The molecule has 0 aliphatic carbocycles. The predicted octanol–water partition coefficient (Wildman–Crippen LogP) is 5.60. The van der Waals surface area contributed by atoms with Gasteiger partial charge in [-0.3, -0.25) is 18.3 Å². The third-order valence-corrected chi connectivity index (χ3v) is 10.5. The van der Waals surface area contributed by atoms with Gasteiger partial charge in [0.2, 0.25) is 9.05 Å². The van der Waals surface area contributed by atoms with Crippen molar-refractivity contribution in [2.24, 2.45) is 0 Å². The van der Waals surface area contributed by atoms with Gasteiger partial charge in [0.05, 0.1) is 65.6 Å². The Labute approximate surface area is 393 Å². The van der Waals surface area contributed by atoms with E-state index in [0.29, 0.717) is 35.4 Å². The van der Waals surface area contributed by atoms with Crippen LogP contribution in [0.1, 0.15) is 33.4 Å². The first-order chi connectivity index (χ1) is 31.0. The number of rotatable bonds is 10. The number of imidazole rings is 2. The molecule has 0 aliphatic rings. The summed E-state index contributed by atoms with van der Waals surface area (Å²) in [5, 5.41) is 0. The quantitative estimate of drug-likeness (QED) is 0.135. The minimum Gasteiger partial charge on any atom is -1.00 e. The summed E-state index contributed by atoms with van der Waals surface area (Å²) >= 11 is 0. The second-order valence-corrected chi connectivity index (χ2v) is 19.2. The van der Waals surface area contributed by atoms with E-state index in [2.05, 4.69) is 21.1 Å². The van der Waals surface area contributed by atoms with E-state index in [-0.39, 0.29) is 36.9 Å². The lowest BCUT2D eigenvalue weighted by atomic mass is 10.1. The fourth-order valence-electron chi connectivity index (χ4n) is 6.97. The van der Waals surface area contributed by atoms with Gasteiger partial charge in [-0.05, 0) is 95.1 Å². The molecule has 8 aromatic rings. The molecule has 0 radical (unpaired) electrons. The second kappa shape index (κ2) is 21.7. The van der Waals surface area contributed by atoms with Crippen molar-refractivity contribution >= 4 is 64.2 Å². The third-order valence-electron chi connectivity index (χ3n) is 10.0. The maximum atomic E-state index is 13.2. The summed E-state index contributed by atoms with van der Waals surface area (Å²) in [5.41, 5.74) is 9.65. The number of fused-ring (bicyclic) bond motifs is 2. The van der Waals surface area contributed by atoms with E-state index in [1.807, 2.05) is 84.9 Å². The van der Waals surface area contributed by atoms with Crippen molar-refractivity contribution in [3.63, 3.8) is 0 Å². The highest BCUT2D eigenvalue weighted by Gasteiger charge is 2.31. The lowest BCUT2D eigenvalue weighted by molar-refractivity contribution is -0.254. The second-order valence-electron chi connectivity index (χ2n) is 15.0. The SMILES string of the molecule is CS(=O)(=O)Cl.CS(=O)Nc1ccc(Cn2c(=O)n(Cc3ccc(C(F)(F)F)cc3)c3ccccc32)cc1.[Cl-].[NH3+]c1ccc(Cn2c(=O)n(Cc3ccc(C(F)(F)F)cc3)c3ccccc32)cc1. The number of anilines is 1. The average Bonchev–Trinajstić information content (AvgIpc) is 3.66. The number of hydrogen-bond donors (Lipinski definition) is 2. The van der Waals surface area contributed by atoms with Crippen molar-refractivity contribution in [2.75, 3.05) is 17.2 Å². The minimum absolute atomic E-state index is 0. The topological polar surface area (TPSA) is 145 Å². The van der Waals surface area contributed by atoms with Crippen LogP contribution in [0.4, 0.5) is 37.7 Å². The molecule has 21 heteroatoms. The lowest BCUT2D eigenvalue weighted by Crippen LogP contribution is -3.00. The number of aromatic nitrogens is 4. The van der Waals surface area contributed by atoms with Crippen molar-refractivity contribution in [2.45, 2.75) is 38.5 Å². The van der Waals surface area contributed by atoms with E-state index in [1.165, 1.54) is 24.3 Å². The molecule has 0 saturated carbocycles. The zero-order chi connectivity index (χ0) is 48.0. The molecule has 0 spiro atoms. The fourth-order valence-corrected chi connectivity index (χ4v) is 7.44. The third kappa shape index (κ3) is 14.0. The maximum Gasteiger partial charge on any atom is 0.416 e. The van der Waals surface area contributed by atoms with E-state index in [4.69, 9.17) is 0 Å². The zero-order valence-electron chi connectivity index (χ0n) is 35.6. The van der Waals surface area contributed by atoms with Gasteiger partial charge in [0.1, 0.15) is 16.7 Å². The largest absolute Gasteiger partial charge is 1.00 e. The molecule has 1 atom stereocenters. The molecule has 0 aliphatic heterocycles. The Morgan fingerprint density at radius 1 is 0.537 bits per heavy atom. The summed E-state index contributed by atoms with van der Waals surface area (Å²) in [6, 6.07) is 39.4. The van der Waals surface area contributed by atoms with Crippen LogP contribution >= 0.6 is 10.7 Å². The van der Waals surface area contributed by atoms with Gasteiger partial charge in [0.15, 0.2) is 0 Å². The van der Waals surface area contributed by atoms with Crippen LogP contribution in [-0.2, 0) is 58.6 Å². The number of nitrogens with one attached hydrogen (secondary N) is 1. The summed E-state index contributed by atoms with van der Waals surface area (Å²) in [6.45, 7) is 1.09. The number of nitrogens with zero attached hydrogens (tertiary/aromatic N) is 4. The zero-order valence-corrected chi connectivity index (χ0v) is 38.7. The molecule has 0 amide bonds. The molecule has 2 heterocycles. The van der Waals surface area contributed by atoms with Gasteiger partial charge in [0.25, 0.3) is 0 Å². The Hall–Kier alpha value is -6.12. The molecule has 0 bridgehead atoms. The number of quaternary nitrogens is 1. The van der Waals surface area contributed by atoms with E-state index in [1.54, 1.807) is 36.7 Å². The first-order valence-corrected chi connectivity index (χ1v) is 24.0. The van der Waals surface area contributed by atoms with Crippen molar-refractivity contribution in [3.05, 3.63) is 200 Å². The predicted molar refractivity (Wildman–Crippen MR) is 246 cm³/mol.